The van der Waals surface area contributed by atoms with E-state index in [-0.39, 0.29) is 17.5 Å². The molecule has 0 unspecified atom stereocenters. The van der Waals surface area contributed by atoms with E-state index in [9.17, 15) is 14.9 Å². The maximum Gasteiger partial charge on any atom is 0.272 e. The Balaban J connectivity index is 2.82. The molecule has 0 fully saturated rings. The predicted octanol–water partition coefficient (Wildman–Crippen LogP) is 2.27. The molecule has 96 valence electrons. The van der Waals surface area contributed by atoms with Crippen molar-refractivity contribution in [1.29, 1.82) is 0 Å². The van der Waals surface area contributed by atoms with Gasteiger partial charge in [-0.05, 0) is 25.0 Å². The fraction of sp³-hybridized carbons (Fsp3) is 0.333. The van der Waals surface area contributed by atoms with Crippen LogP contribution < -0.4 is 5.43 Å². The highest BCUT2D eigenvalue weighted by Gasteiger charge is 2.13. The number of nitrogens with one attached hydrogen (secondary N) is 1. The van der Waals surface area contributed by atoms with Crippen LogP contribution in [0.25, 0.3) is 0 Å². The van der Waals surface area contributed by atoms with E-state index in [1.165, 1.54) is 18.2 Å². The lowest BCUT2D eigenvalue weighted by molar-refractivity contribution is -0.385. The number of hydrogen-bond donors (Lipinski definition) is 1. The molecular weight excluding hydrogens is 234 g/mol. The first-order valence-corrected chi connectivity index (χ1v) is 5.50. The highest BCUT2D eigenvalue weighted by molar-refractivity contribution is 5.94. The van der Waals surface area contributed by atoms with E-state index in [1.54, 1.807) is 13.1 Å². The number of carbonyl (C=O) groups excluding carboxylic acids is 1. The van der Waals surface area contributed by atoms with Gasteiger partial charge in [0.15, 0.2) is 0 Å². The first-order chi connectivity index (χ1) is 8.41. The lowest BCUT2D eigenvalue weighted by Crippen LogP contribution is -2.18. The van der Waals surface area contributed by atoms with Gasteiger partial charge in [-0.15, -0.1) is 0 Å². The second-order valence-corrected chi connectivity index (χ2v) is 4.22. The van der Waals surface area contributed by atoms with Crippen molar-refractivity contribution in [2.24, 2.45) is 11.0 Å². The van der Waals surface area contributed by atoms with Crippen LogP contribution in [0.3, 0.4) is 0 Å². The van der Waals surface area contributed by atoms with E-state index in [4.69, 9.17) is 0 Å². The zero-order valence-corrected chi connectivity index (χ0v) is 10.5. The summed E-state index contributed by atoms with van der Waals surface area (Å²) in [6.07, 6.45) is 1.61. The van der Waals surface area contributed by atoms with E-state index in [0.29, 0.717) is 11.1 Å². The Kier molecular flexibility index (Phi) is 4.53. The number of hydrazone groups is 1. The molecule has 0 aromatic heterocycles. The van der Waals surface area contributed by atoms with E-state index >= 15 is 0 Å². The smallest absolute Gasteiger partial charge is 0.267 e. The summed E-state index contributed by atoms with van der Waals surface area (Å²) in [6.45, 7) is 5.46. The summed E-state index contributed by atoms with van der Waals surface area (Å²) in [5.74, 6) is -0.145. The van der Waals surface area contributed by atoms with E-state index < -0.39 is 4.92 Å². The van der Waals surface area contributed by atoms with Gasteiger partial charge in [-0.3, -0.25) is 14.9 Å². The van der Waals surface area contributed by atoms with Gasteiger partial charge in [-0.1, -0.05) is 13.8 Å². The van der Waals surface area contributed by atoms with Crippen molar-refractivity contribution in [3.05, 3.63) is 39.4 Å². The SMILES string of the molecule is Cc1cc(C(=O)NN=CC(C)C)ccc1[N+](=O)[O-]. The summed E-state index contributed by atoms with van der Waals surface area (Å²) >= 11 is 0. The molecule has 0 aliphatic carbocycles. The van der Waals surface area contributed by atoms with Crippen LogP contribution in [0, 0.1) is 23.0 Å². The number of nitrogens with zero attached hydrogens (tertiary/aromatic N) is 2. The molecule has 0 spiro atoms. The third-order valence-electron chi connectivity index (χ3n) is 2.19. The van der Waals surface area contributed by atoms with Crippen LogP contribution in [-0.2, 0) is 0 Å². The molecule has 1 aromatic rings. The predicted molar refractivity (Wildman–Crippen MR) is 68.6 cm³/mol. The van der Waals surface area contributed by atoms with Crippen molar-refractivity contribution in [1.82, 2.24) is 5.43 Å². The van der Waals surface area contributed by atoms with Crippen molar-refractivity contribution in [2.45, 2.75) is 20.8 Å². The second-order valence-electron chi connectivity index (χ2n) is 4.22. The van der Waals surface area contributed by atoms with Crippen LogP contribution in [0.5, 0.6) is 0 Å². The monoisotopic (exact) mass is 249 g/mol. The summed E-state index contributed by atoms with van der Waals surface area (Å²) in [4.78, 5) is 21.8. The topological polar surface area (TPSA) is 84.6 Å². The number of carbonyl (C=O) groups is 1. The Hall–Kier alpha value is -2.24. The number of nitro benzene ring substituents is 1. The molecule has 1 N–H and O–H groups in total. The minimum atomic E-state index is -0.478. The molecule has 1 aromatic carbocycles. The van der Waals surface area contributed by atoms with Crippen LogP contribution in [-0.4, -0.2) is 17.0 Å². The van der Waals surface area contributed by atoms with Gasteiger partial charge in [-0.2, -0.15) is 5.10 Å². The summed E-state index contributed by atoms with van der Waals surface area (Å²) < 4.78 is 0. The molecule has 0 bridgehead atoms. The molecule has 0 saturated carbocycles. The van der Waals surface area contributed by atoms with Gasteiger partial charge in [0.2, 0.25) is 0 Å². The Morgan fingerprint density at radius 3 is 2.67 bits per heavy atom. The summed E-state index contributed by atoms with van der Waals surface area (Å²) in [6, 6.07) is 4.19. The van der Waals surface area contributed by atoms with Crippen LogP contribution in [0.4, 0.5) is 5.69 Å². The van der Waals surface area contributed by atoms with Gasteiger partial charge in [0.1, 0.15) is 0 Å². The zero-order chi connectivity index (χ0) is 13.7. The Labute approximate surface area is 105 Å². The summed E-state index contributed by atoms with van der Waals surface area (Å²) in [5, 5.41) is 14.4. The molecule has 0 heterocycles. The molecule has 0 aliphatic heterocycles. The number of rotatable bonds is 4. The molecule has 6 nitrogen and oxygen atoms in total. The van der Waals surface area contributed by atoms with Crippen molar-refractivity contribution < 1.29 is 9.72 Å². The van der Waals surface area contributed by atoms with Gasteiger partial charge >= 0.3 is 0 Å². The van der Waals surface area contributed by atoms with E-state index in [1.807, 2.05) is 13.8 Å². The number of hydrogen-bond acceptors (Lipinski definition) is 4. The van der Waals surface area contributed by atoms with E-state index in [0.717, 1.165) is 0 Å². The largest absolute Gasteiger partial charge is 0.272 e. The Morgan fingerprint density at radius 1 is 1.50 bits per heavy atom. The zero-order valence-electron chi connectivity index (χ0n) is 10.5. The third kappa shape index (κ3) is 3.65. The van der Waals surface area contributed by atoms with Crippen molar-refractivity contribution >= 4 is 17.8 Å². The molecular formula is C12H15N3O3. The molecule has 0 atom stereocenters. The van der Waals surface area contributed by atoms with Crippen LogP contribution in [0.15, 0.2) is 23.3 Å². The number of nitro groups is 1. The number of benzene rings is 1. The molecule has 18 heavy (non-hydrogen) atoms. The minimum absolute atomic E-state index is 0.00256. The summed E-state index contributed by atoms with van der Waals surface area (Å²) in [5.41, 5.74) is 3.16. The molecule has 0 aliphatic rings. The van der Waals surface area contributed by atoms with Gasteiger partial charge in [0.25, 0.3) is 11.6 Å². The highest BCUT2D eigenvalue weighted by atomic mass is 16.6. The van der Waals surface area contributed by atoms with Gasteiger partial charge in [0, 0.05) is 23.4 Å². The molecule has 6 heteroatoms. The fourth-order valence-electron chi connectivity index (χ4n) is 1.31. The highest BCUT2D eigenvalue weighted by Crippen LogP contribution is 2.18. The van der Waals surface area contributed by atoms with Crippen LogP contribution in [0.2, 0.25) is 0 Å². The molecule has 0 saturated heterocycles. The van der Waals surface area contributed by atoms with Gasteiger partial charge in [0.05, 0.1) is 4.92 Å². The standard InChI is InChI=1S/C12H15N3O3/c1-8(2)7-13-14-12(16)10-4-5-11(15(17)18)9(3)6-10/h4-8H,1-3H3,(H,14,16). The van der Waals surface area contributed by atoms with Crippen molar-refractivity contribution in [2.75, 3.05) is 0 Å². The summed E-state index contributed by atoms with van der Waals surface area (Å²) in [7, 11) is 0. The van der Waals surface area contributed by atoms with Gasteiger partial charge < -0.3 is 0 Å². The minimum Gasteiger partial charge on any atom is -0.267 e. The maximum absolute atomic E-state index is 11.7. The first kappa shape index (κ1) is 13.8. The normalized spacial score (nSPS) is 10.9. The Morgan fingerprint density at radius 2 is 2.17 bits per heavy atom. The lowest BCUT2D eigenvalue weighted by atomic mass is 10.1. The average Bonchev–Trinajstić information content (AvgIpc) is 2.27. The van der Waals surface area contributed by atoms with Gasteiger partial charge in [-0.25, -0.2) is 5.43 Å². The van der Waals surface area contributed by atoms with Crippen LogP contribution >= 0.6 is 0 Å². The number of amides is 1. The molecule has 1 amide bonds. The van der Waals surface area contributed by atoms with Crippen LogP contribution in [0.1, 0.15) is 29.8 Å². The molecule has 1 rings (SSSR count). The van der Waals surface area contributed by atoms with Crippen molar-refractivity contribution in [3.63, 3.8) is 0 Å². The van der Waals surface area contributed by atoms with Crippen molar-refractivity contribution in [3.8, 4) is 0 Å². The lowest BCUT2D eigenvalue weighted by Gasteiger charge is -2.02. The molecule has 0 radical (unpaired) electrons. The third-order valence-corrected chi connectivity index (χ3v) is 2.19. The average molecular weight is 249 g/mol. The van der Waals surface area contributed by atoms with E-state index in [2.05, 4.69) is 10.5 Å². The second kappa shape index (κ2) is 5.90. The maximum atomic E-state index is 11.7. The fourth-order valence-corrected chi connectivity index (χ4v) is 1.31. The quantitative estimate of drug-likeness (QED) is 0.504. The number of aryl methyl sites for hydroxylation is 1. The Bertz CT molecular complexity index is 495. The first-order valence-electron chi connectivity index (χ1n) is 5.50.